The number of phenols is 1. The van der Waals surface area contributed by atoms with Gasteiger partial charge in [-0.2, -0.15) is 0 Å². The molecular formula is C28H28BrN3O5. The number of aromatic hydroxyl groups is 1. The normalized spacial score (nSPS) is 12.5. The summed E-state index contributed by atoms with van der Waals surface area (Å²) in [4.78, 5) is 37.2. The second-order valence-corrected chi connectivity index (χ2v) is 9.30. The highest BCUT2D eigenvalue weighted by Gasteiger charge is 2.27. The van der Waals surface area contributed by atoms with Gasteiger partial charge in [-0.25, -0.2) is 4.79 Å². The SMILES string of the molecule is C[C@@H](CC/C=C/C(=O)Nc1ccccc1N)[C@@H](OC(=O)NC(=O)c1ccccc1)c1cc(Br)ccc1O. The minimum absolute atomic E-state index is 0.0439. The van der Waals surface area contributed by atoms with Crippen LogP contribution in [0.5, 0.6) is 5.75 Å². The first-order chi connectivity index (χ1) is 17.7. The zero-order chi connectivity index (χ0) is 26.8. The van der Waals surface area contributed by atoms with E-state index in [-0.39, 0.29) is 17.6 Å². The number of carbonyl (C=O) groups is 3. The highest BCUT2D eigenvalue weighted by atomic mass is 79.9. The number of nitrogens with two attached hydrogens (primary N) is 1. The maximum absolute atomic E-state index is 12.6. The molecule has 192 valence electrons. The van der Waals surface area contributed by atoms with E-state index in [1.807, 2.05) is 6.92 Å². The number of carbonyl (C=O) groups excluding carboxylic acids is 3. The predicted molar refractivity (Wildman–Crippen MR) is 146 cm³/mol. The van der Waals surface area contributed by atoms with Gasteiger partial charge >= 0.3 is 6.09 Å². The van der Waals surface area contributed by atoms with E-state index in [2.05, 4.69) is 26.6 Å². The van der Waals surface area contributed by atoms with Gasteiger partial charge < -0.3 is 20.9 Å². The first-order valence-corrected chi connectivity index (χ1v) is 12.4. The molecule has 3 aromatic rings. The van der Waals surface area contributed by atoms with Crippen LogP contribution in [0.4, 0.5) is 16.2 Å². The molecule has 3 aromatic carbocycles. The van der Waals surface area contributed by atoms with E-state index in [9.17, 15) is 19.5 Å². The van der Waals surface area contributed by atoms with E-state index in [0.29, 0.717) is 39.8 Å². The summed E-state index contributed by atoms with van der Waals surface area (Å²) in [6.07, 6.45) is 2.36. The third-order valence-electron chi connectivity index (χ3n) is 5.58. The number of anilines is 2. The van der Waals surface area contributed by atoms with Gasteiger partial charge in [0, 0.05) is 15.6 Å². The number of rotatable bonds is 9. The van der Waals surface area contributed by atoms with E-state index >= 15 is 0 Å². The van der Waals surface area contributed by atoms with Crippen LogP contribution >= 0.6 is 15.9 Å². The number of para-hydroxylation sites is 2. The van der Waals surface area contributed by atoms with E-state index in [1.165, 1.54) is 12.1 Å². The third-order valence-corrected chi connectivity index (χ3v) is 6.07. The monoisotopic (exact) mass is 565 g/mol. The number of benzene rings is 3. The molecule has 0 radical (unpaired) electrons. The van der Waals surface area contributed by atoms with Crippen LogP contribution in [-0.4, -0.2) is 23.0 Å². The Balaban J connectivity index is 1.65. The Morgan fingerprint density at radius 2 is 1.76 bits per heavy atom. The number of imide groups is 1. The Morgan fingerprint density at radius 3 is 2.49 bits per heavy atom. The first kappa shape index (κ1) is 27.5. The minimum Gasteiger partial charge on any atom is -0.508 e. The van der Waals surface area contributed by atoms with E-state index in [4.69, 9.17) is 10.5 Å². The standard InChI is InChI=1S/C28H28BrN3O5/c1-18(9-5-8-14-25(34)31-23-13-7-6-12-22(23)30)26(21-17-20(29)15-16-24(21)33)37-28(36)32-27(35)19-10-3-2-4-11-19/h2-4,6-8,10-18,26,33H,5,9,30H2,1H3,(H,31,34)(H,32,35,36)/b14-8+/t18-,26+/m0/s1. The summed E-state index contributed by atoms with van der Waals surface area (Å²) in [5.74, 6) is -1.22. The second-order valence-electron chi connectivity index (χ2n) is 8.38. The second kappa shape index (κ2) is 13.3. The van der Waals surface area contributed by atoms with Gasteiger partial charge in [-0.15, -0.1) is 0 Å². The Kier molecular flexibility index (Phi) is 9.85. The lowest BCUT2D eigenvalue weighted by Gasteiger charge is -2.25. The number of nitrogens with one attached hydrogen (secondary N) is 2. The molecule has 0 heterocycles. The summed E-state index contributed by atoms with van der Waals surface area (Å²) in [7, 11) is 0. The molecule has 2 atom stereocenters. The number of halogens is 1. The summed E-state index contributed by atoms with van der Waals surface area (Å²) in [5, 5.41) is 15.4. The molecule has 0 aliphatic heterocycles. The largest absolute Gasteiger partial charge is 0.508 e. The molecule has 0 bridgehead atoms. The van der Waals surface area contributed by atoms with Crippen LogP contribution < -0.4 is 16.4 Å². The average Bonchev–Trinajstić information content (AvgIpc) is 2.88. The van der Waals surface area contributed by atoms with Crippen molar-refractivity contribution in [3.05, 3.63) is 101 Å². The van der Waals surface area contributed by atoms with Crippen molar-refractivity contribution < 1.29 is 24.2 Å². The molecule has 3 rings (SSSR count). The molecule has 5 N–H and O–H groups in total. The van der Waals surface area contributed by atoms with Crippen LogP contribution in [0.25, 0.3) is 0 Å². The number of hydrogen-bond acceptors (Lipinski definition) is 6. The molecule has 37 heavy (non-hydrogen) atoms. The molecule has 0 saturated heterocycles. The molecule has 0 unspecified atom stereocenters. The topological polar surface area (TPSA) is 131 Å². The van der Waals surface area contributed by atoms with Crippen LogP contribution in [0.1, 0.15) is 41.8 Å². The van der Waals surface area contributed by atoms with Gasteiger partial charge in [-0.05, 0) is 67.3 Å². The summed E-state index contributed by atoms with van der Waals surface area (Å²) < 4.78 is 6.32. The fourth-order valence-corrected chi connectivity index (χ4v) is 4.00. The van der Waals surface area contributed by atoms with Crippen molar-refractivity contribution in [3.8, 4) is 5.75 Å². The van der Waals surface area contributed by atoms with Crippen LogP contribution in [0.3, 0.4) is 0 Å². The van der Waals surface area contributed by atoms with Gasteiger partial charge in [0.05, 0.1) is 11.4 Å². The fourth-order valence-electron chi connectivity index (χ4n) is 3.62. The van der Waals surface area contributed by atoms with E-state index in [1.54, 1.807) is 72.8 Å². The first-order valence-electron chi connectivity index (χ1n) is 11.6. The summed E-state index contributed by atoms with van der Waals surface area (Å²) >= 11 is 3.38. The Morgan fingerprint density at radius 1 is 1.05 bits per heavy atom. The van der Waals surface area contributed by atoms with Crippen LogP contribution in [0, 0.1) is 5.92 Å². The van der Waals surface area contributed by atoms with Crippen molar-refractivity contribution in [1.29, 1.82) is 0 Å². The highest BCUT2D eigenvalue weighted by Crippen LogP contribution is 2.36. The lowest BCUT2D eigenvalue weighted by Crippen LogP contribution is -2.33. The van der Waals surface area contributed by atoms with Crippen molar-refractivity contribution in [1.82, 2.24) is 5.32 Å². The number of ether oxygens (including phenoxy) is 1. The van der Waals surface area contributed by atoms with Crippen molar-refractivity contribution in [2.45, 2.75) is 25.9 Å². The minimum atomic E-state index is -0.930. The highest BCUT2D eigenvalue weighted by molar-refractivity contribution is 9.10. The molecule has 0 aliphatic carbocycles. The van der Waals surface area contributed by atoms with Crippen molar-refractivity contribution in [2.75, 3.05) is 11.1 Å². The number of hydrogen-bond donors (Lipinski definition) is 4. The number of alkyl carbamates (subject to hydrolysis) is 1. The van der Waals surface area contributed by atoms with Crippen molar-refractivity contribution in [2.24, 2.45) is 5.92 Å². The Hall–Kier alpha value is -4.11. The quantitative estimate of drug-likeness (QED) is 0.187. The molecule has 3 amide bonds. The van der Waals surface area contributed by atoms with Gasteiger partial charge in [-0.1, -0.05) is 59.3 Å². The van der Waals surface area contributed by atoms with Gasteiger partial charge in [-0.3, -0.25) is 14.9 Å². The molecule has 9 heteroatoms. The zero-order valence-electron chi connectivity index (χ0n) is 20.2. The summed E-state index contributed by atoms with van der Waals surface area (Å²) in [6.45, 7) is 1.86. The molecule has 0 aromatic heterocycles. The van der Waals surface area contributed by atoms with Crippen molar-refractivity contribution >= 4 is 45.2 Å². The van der Waals surface area contributed by atoms with Gasteiger partial charge in [0.1, 0.15) is 11.9 Å². The Labute approximate surface area is 223 Å². The predicted octanol–water partition coefficient (Wildman–Crippen LogP) is 5.96. The number of nitrogen functional groups attached to an aromatic ring is 1. The summed E-state index contributed by atoms with van der Waals surface area (Å²) in [6, 6.07) is 20.1. The van der Waals surface area contributed by atoms with Crippen LogP contribution in [-0.2, 0) is 9.53 Å². The van der Waals surface area contributed by atoms with Gasteiger partial charge in [0.2, 0.25) is 5.91 Å². The number of amides is 3. The molecule has 0 fully saturated rings. The van der Waals surface area contributed by atoms with Crippen molar-refractivity contribution in [3.63, 3.8) is 0 Å². The maximum Gasteiger partial charge on any atom is 0.414 e. The fraction of sp³-hybridized carbons (Fsp3) is 0.179. The number of phenolic OH excluding ortho intramolecular Hbond substituents is 1. The maximum atomic E-state index is 12.6. The van der Waals surface area contributed by atoms with E-state index in [0.717, 1.165) is 0 Å². The lowest BCUT2D eigenvalue weighted by molar-refractivity contribution is -0.111. The summed E-state index contributed by atoms with van der Waals surface area (Å²) in [5.41, 5.74) is 7.55. The lowest BCUT2D eigenvalue weighted by atomic mass is 9.92. The number of allylic oxidation sites excluding steroid dienone is 1. The molecular weight excluding hydrogens is 538 g/mol. The zero-order valence-corrected chi connectivity index (χ0v) is 21.8. The smallest absolute Gasteiger partial charge is 0.414 e. The van der Waals surface area contributed by atoms with Gasteiger partial charge in [0.15, 0.2) is 0 Å². The average molecular weight is 566 g/mol. The molecule has 0 aliphatic rings. The molecule has 0 spiro atoms. The third kappa shape index (κ3) is 8.22. The molecule has 0 saturated carbocycles. The Bertz CT molecular complexity index is 1280. The van der Waals surface area contributed by atoms with E-state index < -0.39 is 18.1 Å². The van der Waals surface area contributed by atoms with Crippen LogP contribution in [0.2, 0.25) is 0 Å². The van der Waals surface area contributed by atoms with Crippen LogP contribution in [0.15, 0.2) is 89.4 Å². The molecule has 8 nitrogen and oxygen atoms in total. The van der Waals surface area contributed by atoms with Gasteiger partial charge in [0.25, 0.3) is 5.91 Å².